The summed E-state index contributed by atoms with van der Waals surface area (Å²) in [7, 11) is 1.62. The van der Waals surface area contributed by atoms with Gasteiger partial charge in [-0.05, 0) is 24.1 Å². The van der Waals surface area contributed by atoms with Gasteiger partial charge in [-0.2, -0.15) is 4.98 Å². The largest absolute Gasteiger partial charge is 0.497 e. The van der Waals surface area contributed by atoms with Crippen LogP contribution >= 0.6 is 0 Å². The van der Waals surface area contributed by atoms with E-state index in [-0.39, 0.29) is 11.8 Å². The molecule has 0 bridgehead atoms. The Kier molecular flexibility index (Phi) is 3.85. The first-order valence-electron chi connectivity index (χ1n) is 6.93. The Hall–Kier alpha value is -2.37. The highest BCUT2D eigenvalue weighted by Gasteiger charge is 2.29. The summed E-state index contributed by atoms with van der Waals surface area (Å²) in [5.41, 5.74) is 0.961. The van der Waals surface area contributed by atoms with E-state index in [0.29, 0.717) is 18.8 Å². The van der Waals surface area contributed by atoms with Crippen LogP contribution in [0.15, 0.2) is 35.2 Å². The summed E-state index contributed by atoms with van der Waals surface area (Å²) in [5, 5.41) is 3.86. The number of likely N-dealkylation sites (tertiary alicyclic amines) is 1. The Labute approximate surface area is 122 Å². The first kappa shape index (κ1) is 13.6. The van der Waals surface area contributed by atoms with E-state index < -0.39 is 0 Å². The quantitative estimate of drug-likeness (QED) is 0.855. The molecule has 110 valence electrons. The third-order valence-electron chi connectivity index (χ3n) is 3.77. The van der Waals surface area contributed by atoms with E-state index in [9.17, 15) is 4.79 Å². The summed E-state index contributed by atoms with van der Waals surface area (Å²) in [6, 6.07) is 7.60. The fraction of sp³-hybridized carbons (Fsp3) is 0.400. The van der Waals surface area contributed by atoms with E-state index in [4.69, 9.17) is 9.26 Å². The van der Waals surface area contributed by atoms with E-state index in [1.165, 1.54) is 6.39 Å². The molecular formula is C15H17N3O3. The number of rotatable bonds is 4. The Morgan fingerprint density at radius 3 is 3.19 bits per heavy atom. The Morgan fingerprint density at radius 2 is 2.43 bits per heavy atom. The zero-order valence-electron chi connectivity index (χ0n) is 11.9. The molecule has 1 aliphatic heterocycles. The third kappa shape index (κ3) is 3.04. The Balaban J connectivity index is 1.61. The molecule has 2 heterocycles. The second-order valence-electron chi connectivity index (χ2n) is 5.14. The molecule has 0 spiro atoms. The molecule has 6 nitrogen and oxygen atoms in total. The molecule has 0 N–H and O–H groups in total. The number of nitrogens with zero attached hydrogens (tertiary/aromatic N) is 3. The zero-order chi connectivity index (χ0) is 14.7. The minimum absolute atomic E-state index is 0.120. The van der Waals surface area contributed by atoms with E-state index in [2.05, 4.69) is 10.1 Å². The van der Waals surface area contributed by atoms with Gasteiger partial charge in [0.25, 0.3) is 0 Å². The molecule has 0 saturated carbocycles. The maximum Gasteiger partial charge on any atom is 0.227 e. The molecular weight excluding hydrogens is 270 g/mol. The van der Waals surface area contributed by atoms with E-state index in [0.717, 1.165) is 24.3 Å². The van der Waals surface area contributed by atoms with Crippen molar-refractivity contribution < 1.29 is 14.1 Å². The predicted molar refractivity (Wildman–Crippen MR) is 74.9 cm³/mol. The summed E-state index contributed by atoms with van der Waals surface area (Å²) >= 11 is 0. The molecule has 3 rings (SSSR count). The van der Waals surface area contributed by atoms with Crippen LogP contribution < -0.4 is 4.74 Å². The SMILES string of the molecule is COc1cccc(CC(=O)N2CC[C@H](c3ncon3)C2)c1. The zero-order valence-corrected chi connectivity index (χ0v) is 11.9. The van der Waals surface area contributed by atoms with Crippen molar-refractivity contribution in [1.29, 1.82) is 0 Å². The van der Waals surface area contributed by atoms with Crippen LogP contribution in [0.4, 0.5) is 0 Å². The van der Waals surface area contributed by atoms with Crippen molar-refractivity contribution in [1.82, 2.24) is 15.0 Å². The van der Waals surface area contributed by atoms with Gasteiger partial charge in [-0.1, -0.05) is 17.3 Å². The summed E-state index contributed by atoms with van der Waals surface area (Å²) in [5.74, 6) is 1.75. The van der Waals surface area contributed by atoms with Crippen LogP contribution in [0, 0.1) is 0 Å². The number of hydrogen-bond acceptors (Lipinski definition) is 5. The molecule has 2 aromatic rings. The van der Waals surface area contributed by atoms with Crippen LogP contribution in [0.1, 0.15) is 23.7 Å². The van der Waals surface area contributed by atoms with Gasteiger partial charge in [-0.15, -0.1) is 0 Å². The Bertz CT molecular complexity index is 612. The van der Waals surface area contributed by atoms with Crippen LogP contribution in [-0.2, 0) is 11.2 Å². The van der Waals surface area contributed by atoms with Crippen LogP contribution in [0.25, 0.3) is 0 Å². The molecule has 21 heavy (non-hydrogen) atoms. The highest BCUT2D eigenvalue weighted by Crippen LogP contribution is 2.25. The average molecular weight is 287 g/mol. The second kappa shape index (κ2) is 5.95. The van der Waals surface area contributed by atoms with Crippen LogP contribution in [-0.4, -0.2) is 41.1 Å². The van der Waals surface area contributed by atoms with Crippen molar-refractivity contribution >= 4 is 5.91 Å². The topological polar surface area (TPSA) is 68.5 Å². The van der Waals surface area contributed by atoms with E-state index in [1.807, 2.05) is 29.2 Å². The summed E-state index contributed by atoms with van der Waals surface area (Å²) < 4.78 is 9.94. The molecule has 6 heteroatoms. The monoisotopic (exact) mass is 287 g/mol. The fourth-order valence-corrected chi connectivity index (χ4v) is 2.63. The number of carbonyl (C=O) groups is 1. The van der Waals surface area contributed by atoms with Crippen molar-refractivity contribution in [3.8, 4) is 5.75 Å². The predicted octanol–water partition coefficient (Wildman–Crippen LogP) is 1.64. The van der Waals surface area contributed by atoms with Crippen molar-refractivity contribution in [2.75, 3.05) is 20.2 Å². The van der Waals surface area contributed by atoms with Gasteiger partial charge >= 0.3 is 0 Å². The van der Waals surface area contributed by atoms with Gasteiger partial charge in [0.1, 0.15) is 5.75 Å². The third-order valence-corrected chi connectivity index (χ3v) is 3.77. The van der Waals surface area contributed by atoms with Crippen LogP contribution in [0.5, 0.6) is 5.75 Å². The number of ether oxygens (including phenoxy) is 1. The lowest BCUT2D eigenvalue weighted by atomic mass is 10.1. The van der Waals surface area contributed by atoms with E-state index >= 15 is 0 Å². The number of carbonyl (C=O) groups excluding carboxylic acids is 1. The smallest absolute Gasteiger partial charge is 0.227 e. The molecule has 0 unspecified atom stereocenters. The van der Waals surface area contributed by atoms with Crippen LogP contribution in [0.2, 0.25) is 0 Å². The van der Waals surface area contributed by atoms with Gasteiger partial charge in [-0.25, -0.2) is 0 Å². The molecule has 1 fully saturated rings. The van der Waals surface area contributed by atoms with Crippen molar-refractivity contribution in [3.05, 3.63) is 42.0 Å². The number of aromatic nitrogens is 2. The van der Waals surface area contributed by atoms with Gasteiger partial charge in [0, 0.05) is 19.0 Å². The molecule has 1 saturated heterocycles. The number of methoxy groups -OCH3 is 1. The maximum atomic E-state index is 12.4. The van der Waals surface area contributed by atoms with Gasteiger partial charge < -0.3 is 14.2 Å². The molecule has 0 radical (unpaired) electrons. The van der Waals surface area contributed by atoms with Gasteiger partial charge in [0.2, 0.25) is 12.3 Å². The van der Waals surface area contributed by atoms with Crippen molar-refractivity contribution in [3.63, 3.8) is 0 Å². The summed E-state index contributed by atoms with van der Waals surface area (Å²) in [6.45, 7) is 1.39. The number of hydrogen-bond donors (Lipinski definition) is 0. The van der Waals surface area contributed by atoms with Crippen molar-refractivity contribution in [2.45, 2.75) is 18.8 Å². The van der Waals surface area contributed by atoms with Gasteiger partial charge in [-0.3, -0.25) is 4.79 Å². The molecule has 1 atom stereocenters. The lowest BCUT2D eigenvalue weighted by molar-refractivity contribution is -0.129. The van der Waals surface area contributed by atoms with Crippen molar-refractivity contribution in [2.24, 2.45) is 0 Å². The summed E-state index contributed by atoms with van der Waals surface area (Å²) in [4.78, 5) is 18.3. The minimum atomic E-state index is 0.120. The number of benzene rings is 1. The molecule has 0 aliphatic carbocycles. The first-order valence-corrected chi connectivity index (χ1v) is 6.93. The average Bonchev–Trinajstić information content (AvgIpc) is 3.18. The first-order chi connectivity index (χ1) is 10.3. The summed E-state index contributed by atoms with van der Waals surface area (Å²) in [6.07, 6.45) is 2.59. The lowest BCUT2D eigenvalue weighted by Crippen LogP contribution is -2.30. The highest BCUT2D eigenvalue weighted by molar-refractivity contribution is 5.79. The molecule has 1 amide bonds. The molecule has 1 aromatic heterocycles. The minimum Gasteiger partial charge on any atom is -0.497 e. The second-order valence-corrected chi connectivity index (χ2v) is 5.14. The van der Waals surface area contributed by atoms with Crippen LogP contribution in [0.3, 0.4) is 0 Å². The Morgan fingerprint density at radius 1 is 1.52 bits per heavy atom. The molecule has 1 aliphatic rings. The standard InChI is InChI=1S/C15H17N3O3/c1-20-13-4-2-3-11(7-13)8-14(19)18-6-5-12(9-18)15-16-10-21-17-15/h2-4,7,10,12H,5-6,8-9H2,1H3/t12-/m0/s1. The van der Waals surface area contributed by atoms with Gasteiger partial charge in [0.05, 0.1) is 13.5 Å². The van der Waals surface area contributed by atoms with Gasteiger partial charge in [0.15, 0.2) is 5.82 Å². The normalized spacial score (nSPS) is 18.0. The highest BCUT2D eigenvalue weighted by atomic mass is 16.5. The maximum absolute atomic E-state index is 12.4. The van der Waals surface area contributed by atoms with E-state index in [1.54, 1.807) is 7.11 Å². The molecule has 1 aromatic carbocycles. The number of amides is 1. The lowest BCUT2D eigenvalue weighted by Gasteiger charge is -2.16. The fourth-order valence-electron chi connectivity index (χ4n) is 2.63.